The Balaban J connectivity index is 2.34. The van der Waals surface area contributed by atoms with Gasteiger partial charge in [-0.25, -0.2) is 4.98 Å². The van der Waals surface area contributed by atoms with Gasteiger partial charge in [0, 0.05) is 24.5 Å². The molecular formula is C14H27N3S. The summed E-state index contributed by atoms with van der Waals surface area (Å²) in [5, 5.41) is 6.78. The van der Waals surface area contributed by atoms with Crippen LogP contribution in [0.3, 0.4) is 0 Å². The third-order valence-electron chi connectivity index (χ3n) is 2.78. The fourth-order valence-electron chi connectivity index (χ4n) is 1.63. The Hall–Kier alpha value is -0.450. The number of hydrogen-bond donors (Lipinski definition) is 1. The molecule has 0 saturated carbocycles. The third-order valence-corrected chi connectivity index (χ3v) is 3.68. The average molecular weight is 269 g/mol. The first-order valence-corrected chi connectivity index (χ1v) is 7.70. The molecule has 0 spiro atoms. The molecule has 0 unspecified atom stereocenters. The van der Waals surface area contributed by atoms with Crippen LogP contribution in [0.4, 0.5) is 0 Å². The van der Waals surface area contributed by atoms with Crippen LogP contribution in [0.15, 0.2) is 5.38 Å². The van der Waals surface area contributed by atoms with Gasteiger partial charge in [0.05, 0.1) is 5.69 Å². The summed E-state index contributed by atoms with van der Waals surface area (Å²) in [6.45, 7) is 11.9. The third kappa shape index (κ3) is 6.47. The van der Waals surface area contributed by atoms with E-state index < -0.39 is 0 Å². The zero-order chi connectivity index (χ0) is 13.5. The molecule has 0 fully saturated rings. The van der Waals surface area contributed by atoms with Gasteiger partial charge in [-0.3, -0.25) is 0 Å². The monoisotopic (exact) mass is 269 g/mol. The van der Waals surface area contributed by atoms with Crippen molar-refractivity contribution in [3.05, 3.63) is 16.1 Å². The van der Waals surface area contributed by atoms with E-state index in [1.54, 1.807) is 11.3 Å². The van der Waals surface area contributed by atoms with E-state index in [1.165, 1.54) is 17.1 Å². The molecule has 1 aromatic rings. The Morgan fingerprint density at radius 1 is 1.33 bits per heavy atom. The Labute approximate surface area is 116 Å². The summed E-state index contributed by atoms with van der Waals surface area (Å²) in [6.07, 6.45) is 1.25. The van der Waals surface area contributed by atoms with E-state index in [0.717, 1.165) is 25.6 Å². The highest BCUT2D eigenvalue weighted by Gasteiger charge is 2.06. The van der Waals surface area contributed by atoms with Crippen molar-refractivity contribution in [3.63, 3.8) is 0 Å². The highest BCUT2D eigenvalue weighted by atomic mass is 32.1. The smallest absolute Gasteiger partial charge is 0.107 e. The number of aromatic nitrogens is 1. The molecule has 0 aliphatic rings. The second-order valence-corrected chi connectivity index (χ2v) is 6.63. The Kier molecular flexibility index (Phi) is 6.82. The zero-order valence-corrected chi connectivity index (χ0v) is 13.2. The lowest BCUT2D eigenvalue weighted by molar-refractivity contribution is 0.300. The van der Waals surface area contributed by atoms with Crippen LogP contribution in [0.25, 0.3) is 0 Å². The minimum Gasteiger partial charge on any atom is -0.308 e. The van der Waals surface area contributed by atoms with Crippen LogP contribution in [0.5, 0.6) is 0 Å². The Bertz CT molecular complexity index is 334. The van der Waals surface area contributed by atoms with Crippen molar-refractivity contribution < 1.29 is 0 Å². The molecule has 0 amide bonds. The number of hydrogen-bond acceptors (Lipinski definition) is 4. The molecule has 0 radical (unpaired) electrons. The van der Waals surface area contributed by atoms with Gasteiger partial charge < -0.3 is 10.2 Å². The molecule has 1 rings (SSSR count). The summed E-state index contributed by atoms with van der Waals surface area (Å²) < 4.78 is 0. The van der Waals surface area contributed by atoms with Crippen molar-refractivity contribution in [2.24, 2.45) is 5.92 Å². The van der Waals surface area contributed by atoms with Gasteiger partial charge in [-0.1, -0.05) is 27.7 Å². The summed E-state index contributed by atoms with van der Waals surface area (Å²) in [4.78, 5) is 7.02. The number of nitrogens with one attached hydrogen (secondary N) is 1. The van der Waals surface area contributed by atoms with E-state index in [9.17, 15) is 0 Å². The largest absolute Gasteiger partial charge is 0.308 e. The first-order valence-electron chi connectivity index (χ1n) is 6.82. The van der Waals surface area contributed by atoms with Crippen molar-refractivity contribution in [1.29, 1.82) is 0 Å². The second kappa shape index (κ2) is 7.87. The van der Waals surface area contributed by atoms with Gasteiger partial charge in [0.15, 0.2) is 0 Å². The molecule has 1 aromatic heterocycles. The van der Waals surface area contributed by atoms with E-state index >= 15 is 0 Å². The maximum atomic E-state index is 4.66. The minimum absolute atomic E-state index is 0.520. The number of rotatable bonds is 8. The van der Waals surface area contributed by atoms with Crippen molar-refractivity contribution in [2.45, 2.75) is 53.2 Å². The van der Waals surface area contributed by atoms with Gasteiger partial charge in [0.2, 0.25) is 0 Å². The maximum absolute atomic E-state index is 4.66. The predicted octanol–water partition coefficient (Wildman–Crippen LogP) is 3.12. The van der Waals surface area contributed by atoms with Gasteiger partial charge in [0.1, 0.15) is 5.01 Å². The topological polar surface area (TPSA) is 28.2 Å². The molecule has 4 heteroatoms. The summed E-state index contributed by atoms with van der Waals surface area (Å²) in [7, 11) is 2.17. The fraction of sp³-hybridized carbons (Fsp3) is 0.786. The quantitative estimate of drug-likeness (QED) is 0.786. The number of thiazole rings is 1. The lowest BCUT2D eigenvalue weighted by Gasteiger charge is -2.16. The average Bonchev–Trinajstić information content (AvgIpc) is 2.71. The maximum Gasteiger partial charge on any atom is 0.107 e. The molecule has 0 bridgehead atoms. The molecule has 104 valence electrons. The molecule has 0 aromatic carbocycles. The molecule has 1 N–H and O–H groups in total. The summed E-state index contributed by atoms with van der Waals surface area (Å²) >= 11 is 1.76. The molecule has 18 heavy (non-hydrogen) atoms. The molecule has 0 aliphatic heterocycles. The molecule has 3 nitrogen and oxygen atoms in total. The second-order valence-electron chi connectivity index (χ2n) is 5.69. The SMILES string of the molecule is CC(C)CCN(C)Cc1csc(CNC(C)C)n1. The van der Waals surface area contributed by atoms with Gasteiger partial charge in [-0.2, -0.15) is 0 Å². The first-order chi connectivity index (χ1) is 8.47. The fourth-order valence-corrected chi connectivity index (χ4v) is 2.36. The van der Waals surface area contributed by atoms with Gasteiger partial charge >= 0.3 is 0 Å². The molecule has 1 heterocycles. The van der Waals surface area contributed by atoms with Crippen LogP contribution in [-0.2, 0) is 13.1 Å². The van der Waals surface area contributed by atoms with Crippen molar-refractivity contribution >= 4 is 11.3 Å². The summed E-state index contributed by atoms with van der Waals surface area (Å²) in [6, 6.07) is 0.520. The van der Waals surface area contributed by atoms with E-state index in [1.807, 2.05) is 0 Å². The van der Waals surface area contributed by atoms with Crippen molar-refractivity contribution in [3.8, 4) is 0 Å². The van der Waals surface area contributed by atoms with E-state index in [4.69, 9.17) is 0 Å². The summed E-state index contributed by atoms with van der Waals surface area (Å²) in [5.74, 6) is 0.772. The van der Waals surface area contributed by atoms with Crippen LogP contribution in [-0.4, -0.2) is 29.5 Å². The molecule has 0 aliphatic carbocycles. The van der Waals surface area contributed by atoms with Crippen LogP contribution >= 0.6 is 11.3 Å². The Morgan fingerprint density at radius 3 is 2.67 bits per heavy atom. The normalized spacial score (nSPS) is 12.0. The molecule has 0 atom stereocenters. The number of nitrogens with zero attached hydrogens (tertiary/aromatic N) is 2. The van der Waals surface area contributed by atoms with Crippen molar-refractivity contribution in [1.82, 2.24) is 15.2 Å². The lowest BCUT2D eigenvalue weighted by atomic mass is 10.1. The highest BCUT2D eigenvalue weighted by molar-refractivity contribution is 7.09. The first kappa shape index (κ1) is 15.6. The van der Waals surface area contributed by atoms with E-state index in [2.05, 4.69) is 55.3 Å². The highest BCUT2D eigenvalue weighted by Crippen LogP contribution is 2.12. The van der Waals surface area contributed by atoms with Crippen LogP contribution < -0.4 is 5.32 Å². The van der Waals surface area contributed by atoms with E-state index in [-0.39, 0.29) is 0 Å². The molecule has 0 saturated heterocycles. The van der Waals surface area contributed by atoms with Crippen molar-refractivity contribution in [2.75, 3.05) is 13.6 Å². The van der Waals surface area contributed by atoms with E-state index in [0.29, 0.717) is 6.04 Å². The Morgan fingerprint density at radius 2 is 2.06 bits per heavy atom. The molecular weight excluding hydrogens is 242 g/mol. The summed E-state index contributed by atoms with van der Waals surface area (Å²) in [5.41, 5.74) is 1.20. The predicted molar refractivity (Wildman–Crippen MR) is 79.9 cm³/mol. The standard InChI is InChI=1S/C14H27N3S/c1-11(2)6-7-17(5)9-13-10-18-14(16-13)8-15-12(3)4/h10-12,15H,6-9H2,1-5H3. The van der Waals surface area contributed by atoms with Crippen LogP contribution in [0, 0.1) is 5.92 Å². The minimum atomic E-state index is 0.520. The zero-order valence-electron chi connectivity index (χ0n) is 12.4. The van der Waals surface area contributed by atoms with Crippen LogP contribution in [0.2, 0.25) is 0 Å². The lowest BCUT2D eigenvalue weighted by Crippen LogP contribution is -2.22. The van der Waals surface area contributed by atoms with Gasteiger partial charge in [-0.15, -0.1) is 11.3 Å². The van der Waals surface area contributed by atoms with Gasteiger partial charge in [0.25, 0.3) is 0 Å². The van der Waals surface area contributed by atoms with Crippen LogP contribution in [0.1, 0.15) is 44.8 Å². The van der Waals surface area contributed by atoms with Gasteiger partial charge in [-0.05, 0) is 25.9 Å².